The highest BCUT2D eigenvalue weighted by atomic mass is 32.1. The molecule has 0 aromatic carbocycles. The van der Waals surface area contributed by atoms with Crippen LogP contribution in [-0.2, 0) is 6.54 Å². The van der Waals surface area contributed by atoms with Crippen LogP contribution in [0.2, 0.25) is 0 Å². The van der Waals surface area contributed by atoms with Crippen LogP contribution >= 0.6 is 11.3 Å². The minimum Gasteiger partial charge on any atom is -0.316 e. The van der Waals surface area contributed by atoms with Crippen molar-refractivity contribution in [1.29, 1.82) is 5.26 Å². The van der Waals surface area contributed by atoms with E-state index in [0.29, 0.717) is 10.0 Å². The molecule has 7 nitrogen and oxygen atoms in total. The Balaban J connectivity index is 1.34. The highest BCUT2D eigenvalue weighted by Gasteiger charge is 2.28. The van der Waals surface area contributed by atoms with Crippen LogP contribution in [0.3, 0.4) is 0 Å². The molecule has 0 spiro atoms. The van der Waals surface area contributed by atoms with Crippen LogP contribution in [0.15, 0.2) is 67.1 Å². The fourth-order valence-electron chi connectivity index (χ4n) is 4.02. The summed E-state index contributed by atoms with van der Waals surface area (Å²) in [5.41, 5.74) is 2.27. The molecule has 0 amide bonds. The van der Waals surface area contributed by atoms with Crippen LogP contribution in [-0.4, -0.2) is 31.0 Å². The number of aromatic nitrogens is 4. The average molecular weight is 428 g/mol. The molecule has 1 atom stereocenters. The lowest BCUT2D eigenvalue weighted by molar-refractivity contribution is 0.240. The van der Waals surface area contributed by atoms with E-state index in [0.717, 1.165) is 43.3 Å². The summed E-state index contributed by atoms with van der Waals surface area (Å²) < 4.78 is 2.15. The summed E-state index contributed by atoms with van der Waals surface area (Å²) in [6.45, 7) is 1.88. The van der Waals surface area contributed by atoms with Crippen molar-refractivity contribution in [3.63, 3.8) is 0 Å². The molecule has 0 bridgehead atoms. The second-order valence-corrected chi connectivity index (χ2v) is 8.43. The monoisotopic (exact) mass is 427 g/mol. The number of nitriles is 1. The maximum atomic E-state index is 9.00. The zero-order chi connectivity index (χ0) is 21.0. The van der Waals surface area contributed by atoms with Gasteiger partial charge in [-0.25, -0.2) is 15.0 Å². The first kappa shape index (κ1) is 19.4. The van der Waals surface area contributed by atoms with E-state index in [1.807, 2.05) is 36.5 Å². The lowest BCUT2D eigenvalue weighted by Crippen LogP contribution is -2.24. The Morgan fingerprint density at radius 1 is 1.13 bits per heavy atom. The molecule has 154 valence electrons. The van der Waals surface area contributed by atoms with Gasteiger partial charge in [0.1, 0.15) is 22.6 Å². The molecule has 0 aliphatic carbocycles. The minimum absolute atomic E-state index is 0.264. The Bertz CT molecular complexity index is 1210. The molecule has 0 radical (unpaired) electrons. The smallest absolute Gasteiger partial charge is 0.189 e. The average Bonchev–Trinajstić information content (AvgIpc) is 3.56. The fourth-order valence-corrected chi connectivity index (χ4v) is 4.64. The lowest BCUT2D eigenvalue weighted by atomic mass is 10.1. The maximum Gasteiger partial charge on any atom is 0.189 e. The molecule has 0 saturated carbocycles. The predicted molar refractivity (Wildman–Crippen MR) is 120 cm³/mol. The van der Waals surface area contributed by atoms with E-state index < -0.39 is 0 Å². The molecule has 1 fully saturated rings. The second kappa shape index (κ2) is 8.68. The molecule has 4 aromatic heterocycles. The summed E-state index contributed by atoms with van der Waals surface area (Å²) in [4.78, 5) is 16.7. The third-order valence-corrected chi connectivity index (χ3v) is 6.24. The van der Waals surface area contributed by atoms with Gasteiger partial charge in [0.15, 0.2) is 5.13 Å². The molecule has 1 aliphatic rings. The molecule has 31 heavy (non-hydrogen) atoms. The molecule has 4 aromatic rings. The van der Waals surface area contributed by atoms with Crippen LogP contribution in [0, 0.1) is 11.3 Å². The van der Waals surface area contributed by atoms with Gasteiger partial charge in [0.25, 0.3) is 0 Å². The number of likely N-dealkylation sites (tertiary alicyclic amines) is 1. The Hall–Kier alpha value is -3.54. The van der Waals surface area contributed by atoms with Gasteiger partial charge in [-0.1, -0.05) is 23.5 Å². The molecule has 5 heterocycles. The number of rotatable bonds is 6. The summed E-state index contributed by atoms with van der Waals surface area (Å²) in [5, 5.41) is 12.9. The quantitative estimate of drug-likeness (QED) is 0.481. The van der Waals surface area contributed by atoms with Gasteiger partial charge in [-0.2, -0.15) is 5.26 Å². The third-order valence-electron chi connectivity index (χ3n) is 5.42. The normalized spacial score (nSPS) is 16.3. The molecular formula is C23H21N7S. The number of hydrogen-bond donors (Lipinski definition) is 1. The van der Waals surface area contributed by atoms with E-state index in [-0.39, 0.29) is 6.04 Å². The minimum atomic E-state index is 0.264. The number of hydrogen-bond acceptors (Lipinski definition) is 7. The number of anilines is 2. The first-order valence-corrected chi connectivity index (χ1v) is 11.0. The number of thiazole rings is 1. The van der Waals surface area contributed by atoms with Crippen molar-refractivity contribution in [3.05, 3.63) is 83.4 Å². The fraction of sp³-hybridized carbons (Fsp3) is 0.217. The Morgan fingerprint density at radius 3 is 2.94 bits per heavy atom. The highest BCUT2D eigenvalue weighted by Crippen LogP contribution is 2.33. The topological polar surface area (TPSA) is 82.7 Å². The molecule has 1 aliphatic heterocycles. The number of nitrogens with one attached hydrogen (secondary N) is 1. The van der Waals surface area contributed by atoms with Gasteiger partial charge in [-0.05, 0) is 55.8 Å². The first-order valence-electron chi connectivity index (χ1n) is 10.2. The number of nitrogens with zero attached hydrogens (tertiary/aromatic N) is 6. The molecule has 8 heteroatoms. The van der Waals surface area contributed by atoms with E-state index in [9.17, 15) is 0 Å². The van der Waals surface area contributed by atoms with Crippen molar-refractivity contribution in [3.8, 4) is 11.9 Å². The molecule has 1 N–H and O–H groups in total. The van der Waals surface area contributed by atoms with E-state index in [4.69, 9.17) is 10.2 Å². The standard InChI is InChI=1S/C23H21N7S/c24-14-18-15-26-23(31-18)28-21-9-3-7-19(27-21)20-8-5-12-29(20)16-17-6-4-13-30(17)22-10-1-2-11-25-22/h1-4,6-7,9-11,13,15,20H,5,8,12,16H2,(H,26,27,28). The van der Waals surface area contributed by atoms with Gasteiger partial charge in [-0.15, -0.1) is 0 Å². The predicted octanol–water partition coefficient (Wildman–Crippen LogP) is 4.68. The van der Waals surface area contributed by atoms with Gasteiger partial charge in [-0.3, -0.25) is 4.90 Å². The summed E-state index contributed by atoms with van der Waals surface area (Å²) in [6.07, 6.45) is 7.69. The molecule has 5 rings (SSSR count). The van der Waals surface area contributed by atoms with Crippen molar-refractivity contribution in [1.82, 2.24) is 24.4 Å². The lowest BCUT2D eigenvalue weighted by Gasteiger charge is -2.25. The summed E-state index contributed by atoms with van der Waals surface area (Å²) in [5.74, 6) is 1.68. The van der Waals surface area contributed by atoms with Crippen LogP contribution in [0.25, 0.3) is 5.82 Å². The second-order valence-electron chi connectivity index (χ2n) is 7.40. The highest BCUT2D eigenvalue weighted by molar-refractivity contribution is 7.16. The maximum absolute atomic E-state index is 9.00. The zero-order valence-electron chi connectivity index (χ0n) is 16.8. The van der Waals surface area contributed by atoms with Crippen LogP contribution in [0.1, 0.15) is 35.1 Å². The Morgan fingerprint density at radius 2 is 2.10 bits per heavy atom. The van der Waals surface area contributed by atoms with Crippen molar-refractivity contribution >= 4 is 22.3 Å². The third kappa shape index (κ3) is 4.19. The molecule has 1 saturated heterocycles. The Kier molecular flexibility index (Phi) is 5.44. The van der Waals surface area contributed by atoms with Crippen molar-refractivity contribution in [2.45, 2.75) is 25.4 Å². The summed E-state index contributed by atoms with van der Waals surface area (Å²) in [7, 11) is 0. The van der Waals surface area contributed by atoms with Crippen molar-refractivity contribution in [2.75, 3.05) is 11.9 Å². The summed E-state index contributed by atoms with van der Waals surface area (Å²) in [6, 6.07) is 18.6. The first-order chi connectivity index (χ1) is 15.3. The van der Waals surface area contributed by atoms with Crippen molar-refractivity contribution < 1.29 is 0 Å². The largest absolute Gasteiger partial charge is 0.316 e. The van der Waals surface area contributed by atoms with Gasteiger partial charge >= 0.3 is 0 Å². The van der Waals surface area contributed by atoms with Gasteiger partial charge in [0, 0.05) is 24.6 Å². The van der Waals surface area contributed by atoms with Crippen LogP contribution < -0.4 is 5.32 Å². The number of pyridine rings is 2. The zero-order valence-corrected chi connectivity index (χ0v) is 17.7. The van der Waals surface area contributed by atoms with Crippen molar-refractivity contribution in [2.24, 2.45) is 0 Å². The SMILES string of the molecule is N#Cc1cnc(Nc2cccc(C3CCCN3Cc3cccn3-c3ccccn3)n2)s1. The van der Waals surface area contributed by atoms with E-state index >= 15 is 0 Å². The van der Waals surface area contributed by atoms with Gasteiger partial charge in [0.2, 0.25) is 0 Å². The molecular weight excluding hydrogens is 406 g/mol. The van der Waals surface area contributed by atoms with Gasteiger partial charge < -0.3 is 9.88 Å². The Labute approximate surface area is 184 Å². The van der Waals surface area contributed by atoms with Crippen LogP contribution in [0.5, 0.6) is 0 Å². The molecule has 1 unspecified atom stereocenters. The van der Waals surface area contributed by atoms with E-state index in [1.54, 1.807) is 6.20 Å². The van der Waals surface area contributed by atoms with E-state index in [1.165, 1.54) is 17.0 Å². The summed E-state index contributed by atoms with van der Waals surface area (Å²) >= 11 is 1.33. The van der Waals surface area contributed by atoms with Gasteiger partial charge in [0.05, 0.1) is 17.9 Å². The van der Waals surface area contributed by atoms with Crippen LogP contribution in [0.4, 0.5) is 10.9 Å². The van der Waals surface area contributed by atoms with E-state index in [2.05, 4.69) is 55.2 Å².